The van der Waals surface area contributed by atoms with Gasteiger partial charge in [-0.15, -0.1) is 0 Å². The van der Waals surface area contributed by atoms with E-state index in [9.17, 15) is 13.2 Å². The van der Waals surface area contributed by atoms with Crippen LogP contribution in [0.3, 0.4) is 0 Å². The topological polar surface area (TPSA) is 113 Å². The number of rotatable bonds is 3. The third kappa shape index (κ3) is 3.69. The lowest BCUT2D eigenvalue weighted by molar-refractivity contribution is 0.328. The van der Waals surface area contributed by atoms with Gasteiger partial charge in [-0.25, -0.2) is 17.4 Å². The Bertz CT molecular complexity index is 940. The summed E-state index contributed by atoms with van der Waals surface area (Å²) in [7, 11) is -3.22. The number of aromatic nitrogens is 4. The van der Waals surface area contributed by atoms with Crippen LogP contribution in [0.5, 0.6) is 0 Å². The number of aromatic amines is 1. The van der Waals surface area contributed by atoms with E-state index in [4.69, 9.17) is 0 Å². The Labute approximate surface area is 146 Å². The Hall–Kier alpha value is -1.94. The van der Waals surface area contributed by atoms with Gasteiger partial charge in [0.25, 0.3) is 5.56 Å². The van der Waals surface area contributed by atoms with E-state index in [1.54, 1.807) is 4.68 Å². The first kappa shape index (κ1) is 17.9. The van der Waals surface area contributed by atoms with E-state index in [-0.39, 0.29) is 17.1 Å². The molecule has 10 heteroatoms. The molecule has 1 atom stereocenters. The standard InChI is InChI=1S/C15H24N6O3S/c1-15(2,3)21-12-11(8-16-21)13(22)19-14(18-12)17-10-6-5-7-20(9-10)25(4,23)24/h8,10H,5-7,9H2,1-4H3,(H2,17,18,19,22). The van der Waals surface area contributed by atoms with Crippen molar-refractivity contribution >= 4 is 27.0 Å². The number of piperidine rings is 1. The van der Waals surface area contributed by atoms with E-state index in [0.717, 1.165) is 12.8 Å². The summed E-state index contributed by atoms with van der Waals surface area (Å²) >= 11 is 0. The highest BCUT2D eigenvalue weighted by molar-refractivity contribution is 7.88. The molecule has 0 radical (unpaired) electrons. The van der Waals surface area contributed by atoms with Gasteiger partial charge in [0, 0.05) is 19.1 Å². The average molecular weight is 368 g/mol. The molecule has 0 bridgehead atoms. The molecule has 9 nitrogen and oxygen atoms in total. The SMILES string of the molecule is CC(C)(C)n1ncc2c(=O)[nH]c(NC3CCCN(S(C)(=O)=O)C3)nc21. The Morgan fingerprint density at radius 2 is 2.08 bits per heavy atom. The minimum atomic E-state index is -3.22. The molecule has 1 aliphatic heterocycles. The summed E-state index contributed by atoms with van der Waals surface area (Å²) in [6.45, 7) is 6.84. The molecule has 1 aliphatic rings. The van der Waals surface area contributed by atoms with Gasteiger partial charge in [0.2, 0.25) is 16.0 Å². The number of sulfonamides is 1. The van der Waals surface area contributed by atoms with E-state index in [2.05, 4.69) is 20.4 Å². The number of fused-ring (bicyclic) bond motifs is 1. The molecular formula is C15H24N6O3S. The van der Waals surface area contributed by atoms with Gasteiger partial charge in [-0.05, 0) is 33.6 Å². The second-order valence-corrected chi connectivity index (χ2v) is 9.47. The molecule has 3 heterocycles. The minimum Gasteiger partial charge on any atom is -0.352 e. The van der Waals surface area contributed by atoms with Gasteiger partial charge in [0.05, 0.1) is 18.0 Å². The van der Waals surface area contributed by atoms with Gasteiger partial charge in [-0.1, -0.05) is 0 Å². The normalized spacial score (nSPS) is 20.1. The van der Waals surface area contributed by atoms with Gasteiger partial charge in [-0.3, -0.25) is 9.78 Å². The number of nitrogens with one attached hydrogen (secondary N) is 2. The third-order valence-corrected chi connectivity index (χ3v) is 5.54. The van der Waals surface area contributed by atoms with Crippen molar-refractivity contribution in [2.75, 3.05) is 24.7 Å². The zero-order valence-electron chi connectivity index (χ0n) is 14.9. The molecule has 1 unspecified atom stereocenters. The maximum absolute atomic E-state index is 12.3. The highest BCUT2D eigenvalue weighted by Crippen LogP contribution is 2.20. The average Bonchev–Trinajstić information content (AvgIpc) is 2.91. The first-order chi connectivity index (χ1) is 11.6. The smallest absolute Gasteiger partial charge is 0.263 e. The zero-order chi connectivity index (χ0) is 18.4. The molecular weight excluding hydrogens is 344 g/mol. The maximum Gasteiger partial charge on any atom is 0.263 e. The van der Waals surface area contributed by atoms with E-state index in [1.165, 1.54) is 16.8 Å². The van der Waals surface area contributed by atoms with Crippen LogP contribution in [0, 0.1) is 0 Å². The zero-order valence-corrected chi connectivity index (χ0v) is 15.7. The minimum absolute atomic E-state index is 0.102. The van der Waals surface area contributed by atoms with E-state index in [0.29, 0.717) is 30.1 Å². The summed E-state index contributed by atoms with van der Waals surface area (Å²) in [6.07, 6.45) is 4.30. The first-order valence-electron chi connectivity index (χ1n) is 8.26. The number of anilines is 1. The van der Waals surface area contributed by atoms with Crippen LogP contribution in [0.25, 0.3) is 11.0 Å². The summed E-state index contributed by atoms with van der Waals surface area (Å²) in [4.78, 5) is 19.5. The molecule has 25 heavy (non-hydrogen) atoms. The van der Waals surface area contributed by atoms with Crippen molar-refractivity contribution in [2.24, 2.45) is 0 Å². The number of H-pyrrole nitrogens is 1. The van der Waals surface area contributed by atoms with Gasteiger partial charge < -0.3 is 5.32 Å². The molecule has 2 N–H and O–H groups in total. The molecule has 138 valence electrons. The molecule has 0 saturated carbocycles. The third-order valence-electron chi connectivity index (χ3n) is 4.27. The van der Waals surface area contributed by atoms with E-state index >= 15 is 0 Å². The summed E-state index contributed by atoms with van der Waals surface area (Å²) < 4.78 is 26.7. The van der Waals surface area contributed by atoms with Crippen LogP contribution in [0.4, 0.5) is 5.95 Å². The van der Waals surface area contributed by atoms with Crippen molar-refractivity contribution in [2.45, 2.75) is 45.2 Å². The molecule has 0 spiro atoms. The lowest BCUT2D eigenvalue weighted by atomic mass is 10.1. The van der Waals surface area contributed by atoms with Crippen LogP contribution >= 0.6 is 0 Å². The Morgan fingerprint density at radius 1 is 1.36 bits per heavy atom. The molecule has 1 saturated heterocycles. The van der Waals surface area contributed by atoms with Crippen LogP contribution < -0.4 is 10.9 Å². The number of hydrogen-bond donors (Lipinski definition) is 2. The van der Waals surface area contributed by atoms with Crippen LogP contribution in [-0.2, 0) is 15.6 Å². The Morgan fingerprint density at radius 3 is 2.72 bits per heavy atom. The number of nitrogens with zero attached hydrogens (tertiary/aromatic N) is 4. The summed E-state index contributed by atoms with van der Waals surface area (Å²) in [5, 5.41) is 7.88. The van der Waals surface area contributed by atoms with Gasteiger partial charge in [-0.2, -0.15) is 10.1 Å². The highest BCUT2D eigenvalue weighted by Gasteiger charge is 2.27. The summed E-state index contributed by atoms with van der Waals surface area (Å²) in [5.74, 6) is 0.337. The second kappa shape index (κ2) is 6.10. The molecule has 3 rings (SSSR count). The predicted molar refractivity (Wildman–Crippen MR) is 96.2 cm³/mol. The molecule has 1 fully saturated rings. The highest BCUT2D eigenvalue weighted by atomic mass is 32.2. The maximum atomic E-state index is 12.3. The van der Waals surface area contributed by atoms with Crippen LogP contribution in [-0.4, -0.2) is 57.9 Å². The Kier molecular flexibility index (Phi) is 4.36. The quantitative estimate of drug-likeness (QED) is 0.825. The van der Waals surface area contributed by atoms with Crippen LogP contribution in [0.2, 0.25) is 0 Å². The van der Waals surface area contributed by atoms with Gasteiger partial charge in [0.15, 0.2) is 5.65 Å². The van der Waals surface area contributed by atoms with E-state index < -0.39 is 10.0 Å². The largest absolute Gasteiger partial charge is 0.352 e. The molecule has 0 amide bonds. The van der Waals surface area contributed by atoms with Crippen molar-refractivity contribution in [3.05, 3.63) is 16.6 Å². The van der Waals surface area contributed by atoms with Crippen molar-refractivity contribution < 1.29 is 8.42 Å². The van der Waals surface area contributed by atoms with Crippen LogP contribution in [0.15, 0.2) is 11.0 Å². The predicted octanol–water partition coefficient (Wildman–Crippen LogP) is 0.711. The molecule has 0 aliphatic carbocycles. The van der Waals surface area contributed by atoms with Crippen LogP contribution in [0.1, 0.15) is 33.6 Å². The number of hydrogen-bond acceptors (Lipinski definition) is 6. The molecule has 2 aromatic heterocycles. The van der Waals surface area contributed by atoms with Crippen molar-refractivity contribution in [3.8, 4) is 0 Å². The van der Waals surface area contributed by atoms with Gasteiger partial charge >= 0.3 is 0 Å². The fourth-order valence-corrected chi connectivity index (χ4v) is 3.94. The lowest BCUT2D eigenvalue weighted by Crippen LogP contribution is -2.45. The summed E-state index contributed by atoms with van der Waals surface area (Å²) in [5.41, 5.74) is -0.0640. The monoisotopic (exact) mass is 368 g/mol. The summed E-state index contributed by atoms with van der Waals surface area (Å²) in [6, 6.07) is -0.102. The van der Waals surface area contributed by atoms with Crippen molar-refractivity contribution in [3.63, 3.8) is 0 Å². The lowest BCUT2D eigenvalue weighted by Gasteiger charge is -2.31. The van der Waals surface area contributed by atoms with E-state index in [1.807, 2.05) is 20.8 Å². The fourth-order valence-electron chi connectivity index (χ4n) is 3.03. The fraction of sp³-hybridized carbons (Fsp3) is 0.667. The first-order valence-corrected chi connectivity index (χ1v) is 10.1. The molecule has 2 aromatic rings. The van der Waals surface area contributed by atoms with Crippen molar-refractivity contribution in [1.29, 1.82) is 0 Å². The second-order valence-electron chi connectivity index (χ2n) is 7.48. The molecule has 0 aromatic carbocycles. The Balaban J connectivity index is 1.90. The van der Waals surface area contributed by atoms with Crippen molar-refractivity contribution in [1.82, 2.24) is 24.1 Å². The van der Waals surface area contributed by atoms with Gasteiger partial charge in [0.1, 0.15) is 5.39 Å².